The molecule has 26 heavy (non-hydrogen) atoms. The Morgan fingerprint density at radius 1 is 1.00 bits per heavy atom. The molecule has 1 heterocycles. The van der Waals surface area contributed by atoms with Gasteiger partial charge in [-0.3, -0.25) is 0 Å². The van der Waals surface area contributed by atoms with E-state index in [-0.39, 0.29) is 5.75 Å². The number of hydrogen-bond donors (Lipinski definition) is 1. The van der Waals surface area contributed by atoms with Crippen LogP contribution in [-0.2, 0) is 22.2 Å². The standard InChI is InChI=1S/C20H25NO4S/c1-16-6-2-3-8-18(16)15-26(22,23)21-11-5-4-7-17-9-10-19-20(14-17)25-13-12-24-19/h2-3,6,8-10,14,21H,4-5,7,11-13,15H2,1H3. The zero-order chi connectivity index (χ0) is 18.4. The third kappa shape index (κ3) is 5.22. The summed E-state index contributed by atoms with van der Waals surface area (Å²) in [6, 6.07) is 13.6. The smallest absolute Gasteiger partial charge is 0.215 e. The first-order valence-electron chi connectivity index (χ1n) is 8.94. The second-order valence-corrected chi connectivity index (χ2v) is 8.32. The molecule has 1 aliphatic rings. The Bertz CT molecular complexity index is 849. The molecule has 0 radical (unpaired) electrons. The topological polar surface area (TPSA) is 64.6 Å². The number of aryl methyl sites for hydroxylation is 2. The number of benzene rings is 2. The van der Waals surface area contributed by atoms with Gasteiger partial charge in [-0.2, -0.15) is 0 Å². The molecular formula is C20H25NO4S. The van der Waals surface area contributed by atoms with Crippen LogP contribution in [0, 0.1) is 6.92 Å². The Balaban J connectivity index is 1.42. The highest BCUT2D eigenvalue weighted by Gasteiger charge is 2.13. The summed E-state index contributed by atoms with van der Waals surface area (Å²) in [4.78, 5) is 0. The molecule has 0 aromatic heterocycles. The third-order valence-electron chi connectivity index (χ3n) is 4.43. The lowest BCUT2D eigenvalue weighted by Gasteiger charge is -2.18. The highest BCUT2D eigenvalue weighted by molar-refractivity contribution is 7.88. The Hall–Kier alpha value is -2.05. The van der Waals surface area contributed by atoms with E-state index in [1.165, 1.54) is 5.56 Å². The van der Waals surface area contributed by atoms with Crippen LogP contribution in [0.15, 0.2) is 42.5 Å². The molecule has 0 atom stereocenters. The van der Waals surface area contributed by atoms with Gasteiger partial charge in [-0.25, -0.2) is 13.1 Å². The summed E-state index contributed by atoms with van der Waals surface area (Å²) in [7, 11) is -3.30. The van der Waals surface area contributed by atoms with Crippen molar-refractivity contribution in [2.75, 3.05) is 19.8 Å². The van der Waals surface area contributed by atoms with Crippen LogP contribution in [-0.4, -0.2) is 28.2 Å². The number of rotatable bonds is 8. The van der Waals surface area contributed by atoms with E-state index in [2.05, 4.69) is 4.72 Å². The SMILES string of the molecule is Cc1ccccc1CS(=O)(=O)NCCCCc1ccc2c(c1)OCCO2. The lowest BCUT2D eigenvalue weighted by atomic mass is 10.1. The van der Waals surface area contributed by atoms with Crippen LogP contribution in [0.1, 0.15) is 29.5 Å². The first kappa shape index (κ1) is 18.7. The Labute approximate surface area is 155 Å². The maximum absolute atomic E-state index is 12.2. The fraction of sp³-hybridized carbons (Fsp3) is 0.400. The van der Waals surface area contributed by atoms with Crippen molar-refractivity contribution in [2.45, 2.75) is 31.9 Å². The van der Waals surface area contributed by atoms with Crippen molar-refractivity contribution in [3.63, 3.8) is 0 Å². The summed E-state index contributed by atoms with van der Waals surface area (Å²) in [6.45, 7) is 3.56. The van der Waals surface area contributed by atoms with E-state index in [0.717, 1.165) is 41.9 Å². The van der Waals surface area contributed by atoms with E-state index in [0.29, 0.717) is 19.8 Å². The molecule has 1 aliphatic heterocycles. The summed E-state index contributed by atoms with van der Waals surface area (Å²) in [6.07, 6.45) is 2.59. The molecule has 0 aliphatic carbocycles. The van der Waals surface area contributed by atoms with Gasteiger partial charge in [-0.05, 0) is 55.0 Å². The van der Waals surface area contributed by atoms with Crippen LogP contribution in [0.5, 0.6) is 11.5 Å². The van der Waals surface area contributed by atoms with Crippen molar-refractivity contribution in [2.24, 2.45) is 0 Å². The maximum Gasteiger partial charge on any atom is 0.215 e. The van der Waals surface area contributed by atoms with Crippen molar-refractivity contribution in [3.8, 4) is 11.5 Å². The molecule has 2 aromatic carbocycles. The monoisotopic (exact) mass is 375 g/mol. The van der Waals surface area contributed by atoms with E-state index in [1.54, 1.807) is 0 Å². The van der Waals surface area contributed by atoms with Crippen LogP contribution in [0.4, 0.5) is 0 Å². The molecule has 2 aromatic rings. The van der Waals surface area contributed by atoms with Crippen LogP contribution < -0.4 is 14.2 Å². The second kappa shape index (κ2) is 8.56. The minimum Gasteiger partial charge on any atom is -0.486 e. The van der Waals surface area contributed by atoms with Gasteiger partial charge in [0.25, 0.3) is 0 Å². The minimum atomic E-state index is -3.30. The number of nitrogens with one attached hydrogen (secondary N) is 1. The van der Waals surface area contributed by atoms with Gasteiger partial charge < -0.3 is 9.47 Å². The van der Waals surface area contributed by atoms with Gasteiger partial charge in [0, 0.05) is 6.54 Å². The molecule has 0 bridgehead atoms. The zero-order valence-corrected chi connectivity index (χ0v) is 15.8. The molecule has 0 spiro atoms. The summed E-state index contributed by atoms with van der Waals surface area (Å²) in [5, 5.41) is 0. The van der Waals surface area contributed by atoms with Gasteiger partial charge in [0.15, 0.2) is 11.5 Å². The molecular weight excluding hydrogens is 350 g/mol. The van der Waals surface area contributed by atoms with Crippen molar-refractivity contribution in [3.05, 3.63) is 59.2 Å². The number of ether oxygens (including phenoxy) is 2. The first-order valence-corrected chi connectivity index (χ1v) is 10.6. The molecule has 0 saturated heterocycles. The van der Waals surface area contributed by atoms with E-state index >= 15 is 0 Å². The molecule has 0 fully saturated rings. The van der Waals surface area contributed by atoms with E-state index in [1.807, 2.05) is 49.4 Å². The van der Waals surface area contributed by atoms with Crippen molar-refractivity contribution < 1.29 is 17.9 Å². The van der Waals surface area contributed by atoms with Crippen molar-refractivity contribution >= 4 is 10.0 Å². The van der Waals surface area contributed by atoms with E-state index in [4.69, 9.17) is 9.47 Å². The van der Waals surface area contributed by atoms with Crippen LogP contribution in [0.2, 0.25) is 0 Å². The fourth-order valence-electron chi connectivity index (χ4n) is 2.95. The van der Waals surface area contributed by atoms with Crippen molar-refractivity contribution in [1.82, 2.24) is 4.72 Å². The van der Waals surface area contributed by atoms with E-state index < -0.39 is 10.0 Å². The molecule has 5 nitrogen and oxygen atoms in total. The van der Waals surface area contributed by atoms with Gasteiger partial charge in [-0.1, -0.05) is 30.3 Å². The predicted molar refractivity (Wildman–Crippen MR) is 102 cm³/mol. The number of sulfonamides is 1. The zero-order valence-electron chi connectivity index (χ0n) is 15.0. The summed E-state index contributed by atoms with van der Waals surface area (Å²) in [5.41, 5.74) is 3.02. The van der Waals surface area contributed by atoms with Crippen LogP contribution >= 0.6 is 0 Å². The Kier molecular flexibility index (Phi) is 6.16. The molecule has 6 heteroatoms. The number of hydrogen-bond acceptors (Lipinski definition) is 4. The average molecular weight is 375 g/mol. The lowest BCUT2D eigenvalue weighted by molar-refractivity contribution is 0.171. The third-order valence-corrected chi connectivity index (χ3v) is 5.76. The van der Waals surface area contributed by atoms with Gasteiger partial charge in [0.05, 0.1) is 5.75 Å². The molecule has 0 saturated carbocycles. The fourth-order valence-corrected chi connectivity index (χ4v) is 4.24. The number of fused-ring (bicyclic) bond motifs is 1. The van der Waals surface area contributed by atoms with Crippen LogP contribution in [0.3, 0.4) is 0 Å². The molecule has 1 N–H and O–H groups in total. The average Bonchev–Trinajstić information content (AvgIpc) is 2.63. The Morgan fingerprint density at radius 3 is 2.58 bits per heavy atom. The number of unbranched alkanes of at least 4 members (excludes halogenated alkanes) is 1. The lowest BCUT2D eigenvalue weighted by Crippen LogP contribution is -2.26. The minimum absolute atomic E-state index is 0.0296. The molecule has 0 amide bonds. The second-order valence-electron chi connectivity index (χ2n) is 6.52. The highest BCUT2D eigenvalue weighted by Crippen LogP contribution is 2.31. The van der Waals surface area contributed by atoms with Crippen molar-refractivity contribution in [1.29, 1.82) is 0 Å². The predicted octanol–water partition coefficient (Wildman–Crippen LogP) is 3.21. The highest BCUT2D eigenvalue weighted by atomic mass is 32.2. The Morgan fingerprint density at radius 2 is 1.77 bits per heavy atom. The summed E-state index contributed by atoms with van der Waals surface area (Å²) >= 11 is 0. The molecule has 3 rings (SSSR count). The quantitative estimate of drug-likeness (QED) is 0.720. The molecule has 140 valence electrons. The summed E-state index contributed by atoms with van der Waals surface area (Å²) < 4.78 is 38.2. The first-order chi connectivity index (χ1) is 12.5. The normalized spacial score (nSPS) is 13.6. The van der Waals surface area contributed by atoms with E-state index in [9.17, 15) is 8.42 Å². The largest absolute Gasteiger partial charge is 0.486 e. The summed E-state index contributed by atoms with van der Waals surface area (Å²) in [5.74, 6) is 1.62. The van der Waals surface area contributed by atoms with Gasteiger partial charge in [0.2, 0.25) is 10.0 Å². The van der Waals surface area contributed by atoms with Crippen LogP contribution in [0.25, 0.3) is 0 Å². The van der Waals surface area contributed by atoms with Gasteiger partial charge in [-0.15, -0.1) is 0 Å². The maximum atomic E-state index is 12.2. The molecule has 0 unspecified atom stereocenters. The van der Waals surface area contributed by atoms with Gasteiger partial charge >= 0.3 is 0 Å². The van der Waals surface area contributed by atoms with Gasteiger partial charge in [0.1, 0.15) is 13.2 Å².